The van der Waals surface area contributed by atoms with Crippen LogP contribution in [0.3, 0.4) is 0 Å². The van der Waals surface area contributed by atoms with Gasteiger partial charge in [-0.05, 0) is 44.5 Å². The predicted molar refractivity (Wildman–Crippen MR) is 93.1 cm³/mol. The number of aryl methyl sites for hydroxylation is 2. The third-order valence-corrected chi connectivity index (χ3v) is 4.12. The summed E-state index contributed by atoms with van der Waals surface area (Å²) < 4.78 is 15.8. The fraction of sp³-hybridized carbons (Fsp3) is 0.333. The number of H-pyrrole nitrogens is 1. The molecule has 0 aliphatic carbocycles. The van der Waals surface area contributed by atoms with Crippen LogP contribution in [0.2, 0.25) is 0 Å². The number of carbonyl (C=O) groups is 1. The molecule has 3 aromatic rings. The Balaban J connectivity index is 2.01. The molecule has 8 nitrogen and oxygen atoms in total. The zero-order valence-corrected chi connectivity index (χ0v) is 15.1. The number of hydrogen-bond acceptors (Lipinski definition) is 7. The van der Waals surface area contributed by atoms with Crippen LogP contribution in [-0.2, 0) is 11.2 Å². The molecular formula is C18H20N4O4. The fourth-order valence-electron chi connectivity index (χ4n) is 2.78. The van der Waals surface area contributed by atoms with Gasteiger partial charge in [-0.3, -0.25) is 0 Å². The number of carbonyl (C=O) groups excluding carboxylic acids is 1. The van der Waals surface area contributed by atoms with Gasteiger partial charge in [-0.25, -0.2) is 4.79 Å². The van der Waals surface area contributed by atoms with Crippen molar-refractivity contribution >= 4 is 5.97 Å². The van der Waals surface area contributed by atoms with Crippen LogP contribution in [0.4, 0.5) is 0 Å². The summed E-state index contributed by atoms with van der Waals surface area (Å²) in [6, 6.07) is 5.59. The molecule has 0 aliphatic heterocycles. The second-order valence-corrected chi connectivity index (χ2v) is 5.75. The summed E-state index contributed by atoms with van der Waals surface area (Å²) in [5.74, 6) is 0.984. The Hall–Kier alpha value is -3.16. The number of methoxy groups -OCH3 is 1. The van der Waals surface area contributed by atoms with Gasteiger partial charge in [-0.2, -0.15) is 10.3 Å². The lowest BCUT2D eigenvalue weighted by Crippen LogP contribution is -2.07. The maximum atomic E-state index is 12.1. The largest absolute Gasteiger partial charge is 0.496 e. The monoisotopic (exact) mass is 356 g/mol. The Morgan fingerprint density at radius 1 is 1.27 bits per heavy atom. The van der Waals surface area contributed by atoms with Gasteiger partial charge in [0.25, 0.3) is 0 Å². The van der Waals surface area contributed by atoms with Crippen LogP contribution in [-0.4, -0.2) is 40.3 Å². The quantitative estimate of drug-likeness (QED) is 0.677. The molecule has 0 aliphatic rings. The van der Waals surface area contributed by atoms with Gasteiger partial charge < -0.3 is 14.0 Å². The average Bonchev–Trinajstić information content (AvgIpc) is 3.24. The highest BCUT2D eigenvalue weighted by Gasteiger charge is 2.21. The van der Waals surface area contributed by atoms with Gasteiger partial charge >= 0.3 is 5.97 Å². The van der Waals surface area contributed by atoms with Gasteiger partial charge in [0.15, 0.2) is 5.69 Å². The van der Waals surface area contributed by atoms with E-state index in [1.165, 1.54) is 0 Å². The van der Waals surface area contributed by atoms with E-state index in [2.05, 4.69) is 20.6 Å². The van der Waals surface area contributed by atoms with Crippen LogP contribution < -0.4 is 4.74 Å². The summed E-state index contributed by atoms with van der Waals surface area (Å²) in [6.45, 7) is 5.79. The first-order valence-corrected chi connectivity index (χ1v) is 8.22. The van der Waals surface area contributed by atoms with E-state index in [9.17, 15) is 4.79 Å². The topological polar surface area (TPSA) is 103 Å². The van der Waals surface area contributed by atoms with Gasteiger partial charge in [-0.15, -0.1) is 5.10 Å². The second kappa shape index (κ2) is 7.38. The Labute approximate surface area is 150 Å². The molecule has 0 saturated heterocycles. The van der Waals surface area contributed by atoms with Gasteiger partial charge in [0.1, 0.15) is 17.2 Å². The predicted octanol–water partition coefficient (Wildman–Crippen LogP) is 2.85. The Morgan fingerprint density at radius 2 is 2.08 bits per heavy atom. The molecule has 0 saturated carbocycles. The average molecular weight is 356 g/mol. The molecular weight excluding hydrogens is 336 g/mol. The van der Waals surface area contributed by atoms with Gasteiger partial charge in [0, 0.05) is 17.5 Å². The summed E-state index contributed by atoms with van der Waals surface area (Å²) in [5.41, 5.74) is 4.10. The van der Waals surface area contributed by atoms with Crippen molar-refractivity contribution in [2.24, 2.45) is 0 Å². The van der Waals surface area contributed by atoms with E-state index in [1.54, 1.807) is 14.0 Å². The van der Waals surface area contributed by atoms with E-state index in [0.717, 1.165) is 33.9 Å². The molecule has 2 heterocycles. The molecule has 0 amide bonds. The highest BCUT2D eigenvalue weighted by atomic mass is 16.5. The highest BCUT2D eigenvalue weighted by molar-refractivity contribution is 5.94. The smallest absolute Gasteiger partial charge is 0.361 e. The van der Waals surface area contributed by atoms with Crippen molar-refractivity contribution < 1.29 is 18.8 Å². The minimum absolute atomic E-state index is 0.153. The molecule has 2 aromatic heterocycles. The van der Waals surface area contributed by atoms with Crippen molar-refractivity contribution in [1.29, 1.82) is 0 Å². The molecule has 136 valence electrons. The number of aromatic amines is 1. The SMILES string of the molecule is CCOC(=O)c1n[nH]nc1-c1ccc(OC)c(Cc2c(C)noc2C)c1. The molecule has 0 bridgehead atoms. The van der Waals surface area contributed by atoms with Crippen LogP contribution in [0.5, 0.6) is 5.75 Å². The lowest BCUT2D eigenvalue weighted by atomic mass is 9.99. The number of benzene rings is 1. The van der Waals surface area contributed by atoms with Crippen LogP contribution >= 0.6 is 0 Å². The molecule has 0 atom stereocenters. The number of ether oxygens (including phenoxy) is 2. The number of hydrogen-bond donors (Lipinski definition) is 1. The first-order chi connectivity index (χ1) is 12.5. The van der Waals surface area contributed by atoms with Gasteiger partial charge in [0.05, 0.1) is 19.4 Å². The van der Waals surface area contributed by atoms with E-state index in [4.69, 9.17) is 14.0 Å². The van der Waals surface area contributed by atoms with Crippen molar-refractivity contribution in [3.8, 4) is 17.0 Å². The first kappa shape index (κ1) is 17.7. The van der Waals surface area contributed by atoms with E-state index in [-0.39, 0.29) is 12.3 Å². The normalized spacial score (nSPS) is 10.8. The van der Waals surface area contributed by atoms with E-state index >= 15 is 0 Å². The Bertz CT molecular complexity index is 910. The van der Waals surface area contributed by atoms with Crippen molar-refractivity contribution in [3.63, 3.8) is 0 Å². The minimum Gasteiger partial charge on any atom is -0.496 e. The maximum absolute atomic E-state index is 12.1. The third kappa shape index (κ3) is 3.30. The van der Waals surface area contributed by atoms with Gasteiger partial charge in [0.2, 0.25) is 0 Å². The van der Waals surface area contributed by atoms with Crippen LogP contribution in [0.15, 0.2) is 22.7 Å². The minimum atomic E-state index is -0.514. The summed E-state index contributed by atoms with van der Waals surface area (Å²) >= 11 is 0. The van der Waals surface area contributed by atoms with Crippen molar-refractivity contribution in [2.45, 2.75) is 27.2 Å². The summed E-state index contributed by atoms with van der Waals surface area (Å²) in [6.07, 6.45) is 0.588. The van der Waals surface area contributed by atoms with Crippen molar-refractivity contribution in [2.75, 3.05) is 13.7 Å². The zero-order valence-electron chi connectivity index (χ0n) is 15.1. The van der Waals surface area contributed by atoms with E-state index in [1.807, 2.05) is 32.0 Å². The maximum Gasteiger partial charge on any atom is 0.361 e. The molecule has 0 spiro atoms. The van der Waals surface area contributed by atoms with E-state index in [0.29, 0.717) is 12.1 Å². The molecule has 26 heavy (non-hydrogen) atoms. The number of nitrogens with one attached hydrogen (secondary N) is 1. The van der Waals surface area contributed by atoms with Crippen LogP contribution in [0.1, 0.15) is 40.0 Å². The summed E-state index contributed by atoms with van der Waals surface area (Å²) in [7, 11) is 1.62. The molecule has 0 radical (unpaired) electrons. The van der Waals surface area contributed by atoms with Crippen LogP contribution in [0, 0.1) is 13.8 Å². The summed E-state index contributed by atoms with van der Waals surface area (Å²) in [5, 5.41) is 14.5. The highest BCUT2D eigenvalue weighted by Crippen LogP contribution is 2.30. The Morgan fingerprint density at radius 3 is 2.73 bits per heavy atom. The van der Waals surface area contributed by atoms with E-state index < -0.39 is 5.97 Å². The molecule has 3 rings (SSSR count). The summed E-state index contributed by atoms with van der Waals surface area (Å²) in [4.78, 5) is 12.1. The molecule has 8 heteroatoms. The van der Waals surface area contributed by atoms with Crippen LogP contribution in [0.25, 0.3) is 11.3 Å². The molecule has 0 unspecified atom stereocenters. The lowest BCUT2D eigenvalue weighted by molar-refractivity contribution is 0.0520. The molecule has 0 fully saturated rings. The van der Waals surface area contributed by atoms with Crippen molar-refractivity contribution in [1.82, 2.24) is 20.6 Å². The standard InChI is InChI=1S/C18H20N4O4/c1-5-25-18(23)17-16(19-22-20-17)12-6-7-15(24-4)13(8-12)9-14-10(2)21-26-11(14)3/h6-8H,5,9H2,1-4H3,(H,19,20,22). The third-order valence-electron chi connectivity index (χ3n) is 4.12. The number of nitrogens with zero attached hydrogens (tertiary/aromatic N) is 3. The fourth-order valence-corrected chi connectivity index (χ4v) is 2.78. The number of esters is 1. The first-order valence-electron chi connectivity index (χ1n) is 8.22. The second-order valence-electron chi connectivity index (χ2n) is 5.75. The van der Waals surface area contributed by atoms with Gasteiger partial charge in [-0.1, -0.05) is 5.16 Å². The Kier molecular flexibility index (Phi) is 5.01. The lowest BCUT2D eigenvalue weighted by Gasteiger charge is -2.10. The molecule has 1 aromatic carbocycles. The molecule has 1 N–H and O–H groups in total. The number of aromatic nitrogens is 4. The zero-order chi connectivity index (χ0) is 18.7. The number of rotatable bonds is 6. The van der Waals surface area contributed by atoms with Crippen molar-refractivity contribution in [3.05, 3.63) is 46.5 Å².